The number of amides is 1. The summed E-state index contributed by atoms with van der Waals surface area (Å²) in [6.07, 6.45) is 0.560. The number of benzene rings is 2. The molecule has 8 nitrogen and oxygen atoms in total. The number of rotatable bonds is 8. The molecular weight excluding hydrogens is 372 g/mol. The Hall–Kier alpha value is -2.78. The van der Waals surface area contributed by atoms with Gasteiger partial charge in [0.05, 0.1) is 21.3 Å². The average molecular weight is 394 g/mol. The van der Waals surface area contributed by atoms with Crippen molar-refractivity contribution in [2.75, 3.05) is 27.9 Å². The molecule has 0 bridgehead atoms. The zero-order chi connectivity index (χ0) is 20.0. The zero-order valence-corrected chi connectivity index (χ0v) is 16.1. The first-order chi connectivity index (χ1) is 12.8. The van der Waals surface area contributed by atoms with Crippen molar-refractivity contribution in [3.63, 3.8) is 0 Å². The number of nitrogens with two attached hydrogens (primary N) is 1. The third kappa shape index (κ3) is 5.11. The molecule has 0 aliphatic heterocycles. The van der Waals surface area contributed by atoms with E-state index in [1.54, 1.807) is 20.3 Å². The highest BCUT2D eigenvalue weighted by molar-refractivity contribution is 7.89. The van der Waals surface area contributed by atoms with Crippen molar-refractivity contribution in [2.24, 2.45) is 5.14 Å². The smallest absolute Gasteiger partial charge is 0.251 e. The fraction of sp³-hybridized carbons (Fsp3) is 0.278. The summed E-state index contributed by atoms with van der Waals surface area (Å²) in [6.45, 7) is 0.352. The number of methoxy groups -OCH3 is 3. The third-order valence-corrected chi connectivity index (χ3v) is 4.81. The van der Waals surface area contributed by atoms with Crippen molar-refractivity contribution < 1.29 is 27.4 Å². The van der Waals surface area contributed by atoms with Crippen LogP contribution in [0.3, 0.4) is 0 Å². The van der Waals surface area contributed by atoms with Crippen LogP contribution >= 0.6 is 0 Å². The lowest BCUT2D eigenvalue weighted by Gasteiger charge is -2.11. The predicted molar refractivity (Wildman–Crippen MR) is 100.0 cm³/mol. The molecule has 9 heteroatoms. The van der Waals surface area contributed by atoms with Gasteiger partial charge in [-0.2, -0.15) is 0 Å². The Balaban J connectivity index is 2.06. The first-order valence-corrected chi connectivity index (χ1v) is 9.54. The van der Waals surface area contributed by atoms with Crippen molar-refractivity contribution in [2.45, 2.75) is 11.3 Å². The summed E-state index contributed by atoms with van der Waals surface area (Å²) >= 11 is 0. The number of ether oxygens (including phenoxy) is 3. The number of primary sulfonamides is 1. The zero-order valence-electron chi connectivity index (χ0n) is 15.3. The molecule has 1 amide bonds. The van der Waals surface area contributed by atoms with Crippen LogP contribution in [0.5, 0.6) is 17.2 Å². The maximum Gasteiger partial charge on any atom is 0.251 e. The number of sulfonamides is 1. The Morgan fingerprint density at radius 1 is 0.963 bits per heavy atom. The van der Waals surface area contributed by atoms with Crippen LogP contribution < -0.4 is 24.7 Å². The highest BCUT2D eigenvalue weighted by Gasteiger charge is 2.18. The maximum absolute atomic E-state index is 12.3. The third-order valence-electron chi connectivity index (χ3n) is 3.88. The molecule has 0 saturated carbocycles. The molecule has 0 spiro atoms. The fourth-order valence-corrected chi connectivity index (χ4v) is 3.22. The Labute approximate surface area is 158 Å². The van der Waals surface area contributed by atoms with E-state index >= 15 is 0 Å². The van der Waals surface area contributed by atoms with Gasteiger partial charge in [0.2, 0.25) is 10.0 Å². The van der Waals surface area contributed by atoms with Crippen LogP contribution in [-0.4, -0.2) is 42.2 Å². The van der Waals surface area contributed by atoms with E-state index in [0.717, 1.165) is 5.56 Å². The summed E-state index contributed by atoms with van der Waals surface area (Å²) in [4.78, 5) is 12.1. The van der Waals surface area contributed by atoms with Crippen LogP contribution in [0.4, 0.5) is 0 Å². The van der Waals surface area contributed by atoms with Crippen molar-refractivity contribution >= 4 is 15.9 Å². The van der Waals surface area contributed by atoms with Gasteiger partial charge in [-0.25, -0.2) is 13.6 Å². The second kappa shape index (κ2) is 8.74. The van der Waals surface area contributed by atoms with Gasteiger partial charge in [-0.3, -0.25) is 4.79 Å². The average Bonchev–Trinajstić information content (AvgIpc) is 2.66. The van der Waals surface area contributed by atoms with Gasteiger partial charge in [-0.05, 0) is 42.3 Å². The van der Waals surface area contributed by atoms with E-state index in [-0.39, 0.29) is 16.2 Å². The van der Waals surface area contributed by atoms with Crippen LogP contribution in [0.2, 0.25) is 0 Å². The first kappa shape index (κ1) is 20.5. The SMILES string of the molecule is COc1ccc(CCNC(=O)c2ccc(OC)c(S(N)(=O)=O)c2)cc1OC. The van der Waals surface area contributed by atoms with E-state index < -0.39 is 15.9 Å². The lowest BCUT2D eigenvalue weighted by atomic mass is 10.1. The second-order valence-corrected chi connectivity index (χ2v) is 7.14. The minimum Gasteiger partial charge on any atom is -0.495 e. The van der Waals surface area contributed by atoms with E-state index in [2.05, 4.69) is 5.32 Å². The van der Waals surface area contributed by atoms with Gasteiger partial charge in [-0.15, -0.1) is 0 Å². The summed E-state index contributed by atoms with van der Waals surface area (Å²) in [5.74, 6) is 0.899. The Morgan fingerprint density at radius 3 is 2.19 bits per heavy atom. The first-order valence-electron chi connectivity index (χ1n) is 8.00. The molecule has 2 aromatic carbocycles. The quantitative estimate of drug-likeness (QED) is 0.698. The summed E-state index contributed by atoms with van der Waals surface area (Å²) < 4.78 is 38.7. The topological polar surface area (TPSA) is 117 Å². The normalized spacial score (nSPS) is 11.0. The second-order valence-electron chi connectivity index (χ2n) is 5.61. The molecule has 2 aromatic rings. The molecule has 3 N–H and O–H groups in total. The van der Waals surface area contributed by atoms with Crippen LogP contribution in [0.15, 0.2) is 41.3 Å². The largest absolute Gasteiger partial charge is 0.495 e. The van der Waals surface area contributed by atoms with E-state index in [9.17, 15) is 13.2 Å². The summed E-state index contributed by atoms with van der Waals surface area (Å²) in [6, 6.07) is 9.55. The lowest BCUT2D eigenvalue weighted by molar-refractivity contribution is 0.0954. The summed E-state index contributed by atoms with van der Waals surface area (Å²) in [5, 5.41) is 7.91. The molecule has 27 heavy (non-hydrogen) atoms. The Bertz CT molecular complexity index is 927. The van der Waals surface area contributed by atoms with Crippen LogP contribution in [0.1, 0.15) is 15.9 Å². The van der Waals surface area contributed by atoms with Crippen molar-refractivity contribution in [3.8, 4) is 17.2 Å². The standard InChI is InChI=1S/C18H22N2O6S/c1-24-14-6-4-12(10-16(14)26-3)8-9-20-18(21)13-5-7-15(25-2)17(11-13)27(19,22)23/h4-7,10-11H,8-9H2,1-3H3,(H,20,21)(H2,19,22,23). The molecule has 0 saturated heterocycles. The van der Waals surface area contributed by atoms with Crippen molar-refractivity contribution in [1.82, 2.24) is 5.32 Å². The Kier molecular flexibility index (Phi) is 6.65. The molecular formula is C18H22N2O6S. The lowest BCUT2D eigenvalue weighted by Crippen LogP contribution is -2.26. The van der Waals surface area contributed by atoms with Crippen molar-refractivity contribution in [1.29, 1.82) is 0 Å². The molecule has 0 heterocycles. The molecule has 0 atom stereocenters. The summed E-state index contributed by atoms with van der Waals surface area (Å²) in [7, 11) is 0.426. The number of carbonyl (C=O) groups is 1. The van der Waals surface area contributed by atoms with Crippen LogP contribution in [-0.2, 0) is 16.4 Å². The molecule has 0 aromatic heterocycles. The van der Waals surface area contributed by atoms with Gasteiger partial charge in [0.15, 0.2) is 11.5 Å². The highest BCUT2D eigenvalue weighted by Crippen LogP contribution is 2.27. The van der Waals surface area contributed by atoms with E-state index in [0.29, 0.717) is 24.5 Å². The van der Waals surface area contributed by atoms with Gasteiger partial charge >= 0.3 is 0 Å². The predicted octanol–water partition coefficient (Wildman–Crippen LogP) is 1.33. The monoisotopic (exact) mass is 394 g/mol. The summed E-state index contributed by atoms with van der Waals surface area (Å²) in [5.41, 5.74) is 1.13. The molecule has 2 rings (SSSR count). The van der Waals surface area contributed by atoms with Gasteiger partial charge in [0, 0.05) is 12.1 Å². The van der Waals surface area contributed by atoms with Gasteiger partial charge < -0.3 is 19.5 Å². The highest BCUT2D eigenvalue weighted by atomic mass is 32.2. The number of carbonyl (C=O) groups excluding carboxylic acids is 1. The molecule has 146 valence electrons. The number of hydrogen-bond acceptors (Lipinski definition) is 6. The molecule has 0 fully saturated rings. The number of hydrogen-bond donors (Lipinski definition) is 2. The minimum absolute atomic E-state index is 0.0828. The maximum atomic E-state index is 12.3. The van der Waals surface area contributed by atoms with E-state index in [1.807, 2.05) is 12.1 Å². The van der Waals surface area contributed by atoms with Crippen LogP contribution in [0.25, 0.3) is 0 Å². The minimum atomic E-state index is -4.01. The molecule has 0 aliphatic carbocycles. The molecule has 0 aliphatic rings. The fourth-order valence-electron chi connectivity index (χ4n) is 2.50. The molecule has 0 radical (unpaired) electrons. The van der Waals surface area contributed by atoms with Crippen LogP contribution in [0, 0.1) is 0 Å². The van der Waals surface area contributed by atoms with E-state index in [4.69, 9.17) is 19.3 Å². The van der Waals surface area contributed by atoms with Crippen molar-refractivity contribution in [3.05, 3.63) is 47.5 Å². The number of nitrogens with one attached hydrogen (secondary N) is 1. The van der Waals surface area contributed by atoms with E-state index in [1.165, 1.54) is 25.3 Å². The molecule has 0 unspecified atom stereocenters. The van der Waals surface area contributed by atoms with Gasteiger partial charge in [0.25, 0.3) is 5.91 Å². The Morgan fingerprint density at radius 2 is 1.59 bits per heavy atom. The van der Waals surface area contributed by atoms with Gasteiger partial charge in [0.1, 0.15) is 10.6 Å². The van der Waals surface area contributed by atoms with Gasteiger partial charge in [-0.1, -0.05) is 6.07 Å².